The molecule has 0 radical (unpaired) electrons. The number of amides is 1. The standard InChI is InChI=1S/C25H19ClN4O2S/c1-16-5-10-21-23(13-16)33-25(28-21)17-6-8-19(9-7-17)27-24(31)22-11-12-30(29-22)15-32-20-4-2-3-18(26)14-20/h2-14H,15H2,1H3,(H,27,31). The number of carbonyl (C=O) groups excluding carboxylic acids is 1. The molecule has 164 valence electrons. The summed E-state index contributed by atoms with van der Waals surface area (Å²) in [5, 5.41) is 8.70. The van der Waals surface area contributed by atoms with Crippen molar-refractivity contribution in [2.75, 3.05) is 5.32 Å². The lowest BCUT2D eigenvalue weighted by Crippen LogP contribution is -2.14. The number of anilines is 1. The van der Waals surface area contributed by atoms with Gasteiger partial charge in [-0.2, -0.15) is 5.10 Å². The fourth-order valence-electron chi connectivity index (χ4n) is 3.30. The highest BCUT2D eigenvalue weighted by atomic mass is 35.5. The summed E-state index contributed by atoms with van der Waals surface area (Å²) < 4.78 is 8.36. The monoisotopic (exact) mass is 474 g/mol. The number of thiazole rings is 1. The average molecular weight is 475 g/mol. The van der Waals surface area contributed by atoms with Gasteiger partial charge in [0.05, 0.1) is 10.2 Å². The minimum atomic E-state index is -0.292. The van der Waals surface area contributed by atoms with Crippen molar-refractivity contribution in [1.29, 1.82) is 0 Å². The number of carbonyl (C=O) groups is 1. The van der Waals surface area contributed by atoms with Gasteiger partial charge in [0.25, 0.3) is 5.91 Å². The Hall–Kier alpha value is -3.68. The molecule has 0 spiro atoms. The molecule has 3 aromatic carbocycles. The summed E-state index contributed by atoms with van der Waals surface area (Å²) in [6.45, 7) is 2.25. The summed E-state index contributed by atoms with van der Waals surface area (Å²) in [5.41, 5.74) is 4.21. The van der Waals surface area contributed by atoms with E-state index in [-0.39, 0.29) is 12.6 Å². The highest BCUT2D eigenvalue weighted by Crippen LogP contribution is 2.31. The molecule has 5 rings (SSSR count). The van der Waals surface area contributed by atoms with E-state index in [1.807, 2.05) is 42.5 Å². The zero-order valence-corrected chi connectivity index (χ0v) is 19.2. The fourth-order valence-corrected chi connectivity index (χ4v) is 4.55. The molecule has 2 heterocycles. The number of nitrogens with one attached hydrogen (secondary N) is 1. The van der Waals surface area contributed by atoms with Crippen LogP contribution in [0.3, 0.4) is 0 Å². The van der Waals surface area contributed by atoms with Crippen molar-refractivity contribution in [3.63, 3.8) is 0 Å². The molecular formula is C25H19ClN4O2S. The van der Waals surface area contributed by atoms with Crippen LogP contribution < -0.4 is 10.1 Å². The molecule has 0 atom stereocenters. The van der Waals surface area contributed by atoms with E-state index >= 15 is 0 Å². The van der Waals surface area contributed by atoms with Crippen molar-refractivity contribution >= 4 is 44.7 Å². The molecule has 1 N–H and O–H groups in total. The molecule has 0 saturated heterocycles. The van der Waals surface area contributed by atoms with E-state index in [1.54, 1.807) is 40.4 Å². The molecule has 0 bridgehead atoms. The van der Waals surface area contributed by atoms with Crippen molar-refractivity contribution < 1.29 is 9.53 Å². The number of aromatic nitrogens is 3. The van der Waals surface area contributed by atoms with Crippen LogP contribution in [0, 0.1) is 6.92 Å². The Morgan fingerprint density at radius 2 is 1.94 bits per heavy atom. The zero-order chi connectivity index (χ0) is 22.8. The summed E-state index contributed by atoms with van der Waals surface area (Å²) in [6, 6.07) is 22.6. The third-order valence-corrected chi connectivity index (χ3v) is 6.27. The molecule has 0 unspecified atom stereocenters. The molecule has 33 heavy (non-hydrogen) atoms. The lowest BCUT2D eigenvalue weighted by Gasteiger charge is -2.06. The second kappa shape index (κ2) is 9.05. The lowest BCUT2D eigenvalue weighted by atomic mass is 10.2. The zero-order valence-electron chi connectivity index (χ0n) is 17.7. The summed E-state index contributed by atoms with van der Waals surface area (Å²) in [7, 11) is 0. The fraction of sp³-hybridized carbons (Fsp3) is 0.0800. The van der Waals surface area contributed by atoms with Crippen LogP contribution in [0.4, 0.5) is 5.69 Å². The maximum absolute atomic E-state index is 12.6. The number of ether oxygens (including phenoxy) is 1. The summed E-state index contributed by atoms with van der Waals surface area (Å²) >= 11 is 7.62. The summed E-state index contributed by atoms with van der Waals surface area (Å²) in [5.74, 6) is 0.340. The first kappa shape index (κ1) is 21.2. The second-order valence-corrected chi connectivity index (χ2v) is 8.96. The Bertz CT molecular complexity index is 1440. The quantitative estimate of drug-likeness (QED) is 0.308. The van der Waals surface area contributed by atoms with Gasteiger partial charge in [0.1, 0.15) is 10.8 Å². The third kappa shape index (κ3) is 4.89. The van der Waals surface area contributed by atoms with E-state index in [2.05, 4.69) is 29.5 Å². The van der Waals surface area contributed by atoms with Gasteiger partial charge < -0.3 is 10.1 Å². The summed E-state index contributed by atoms with van der Waals surface area (Å²) in [4.78, 5) is 17.3. The smallest absolute Gasteiger partial charge is 0.276 e. The Labute approximate surface area is 199 Å². The van der Waals surface area contributed by atoms with Gasteiger partial charge in [0.2, 0.25) is 0 Å². The normalized spacial score (nSPS) is 11.0. The Kier molecular flexibility index (Phi) is 5.81. The molecule has 2 aromatic heterocycles. The number of halogens is 1. The average Bonchev–Trinajstić information content (AvgIpc) is 3.45. The highest BCUT2D eigenvalue weighted by Gasteiger charge is 2.11. The van der Waals surface area contributed by atoms with Gasteiger partial charge in [0, 0.05) is 22.5 Å². The molecule has 0 aliphatic heterocycles. The van der Waals surface area contributed by atoms with E-state index in [9.17, 15) is 4.79 Å². The summed E-state index contributed by atoms with van der Waals surface area (Å²) in [6.07, 6.45) is 1.69. The first-order valence-corrected chi connectivity index (χ1v) is 11.4. The van der Waals surface area contributed by atoms with Gasteiger partial charge in [-0.25, -0.2) is 9.67 Å². The van der Waals surface area contributed by atoms with E-state index in [1.165, 1.54) is 5.56 Å². The number of hydrogen-bond acceptors (Lipinski definition) is 5. The van der Waals surface area contributed by atoms with Crippen LogP contribution in [0.1, 0.15) is 16.1 Å². The Morgan fingerprint density at radius 3 is 2.76 bits per heavy atom. The minimum Gasteiger partial charge on any atom is -0.471 e. The predicted molar refractivity (Wildman–Crippen MR) is 132 cm³/mol. The topological polar surface area (TPSA) is 69.0 Å². The molecule has 6 nitrogen and oxygen atoms in total. The highest BCUT2D eigenvalue weighted by molar-refractivity contribution is 7.21. The van der Waals surface area contributed by atoms with Gasteiger partial charge in [-0.3, -0.25) is 4.79 Å². The van der Waals surface area contributed by atoms with Gasteiger partial charge in [-0.15, -0.1) is 11.3 Å². The Balaban J connectivity index is 1.22. The molecule has 0 saturated carbocycles. The van der Waals surface area contributed by atoms with Gasteiger partial charge in [0.15, 0.2) is 12.4 Å². The van der Waals surface area contributed by atoms with Gasteiger partial charge in [-0.1, -0.05) is 23.7 Å². The number of rotatable bonds is 6. The molecule has 0 aliphatic carbocycles. The van der Waals surface area contributed by atoms with Crippen molar-refractivity contribution in [3.8, 4) is 16.3 Å². The first-order valence-electron chi connectivity index (χ1n) is 10.2. The molecule has 8 heteroatoms. The van der Waals surface area contributed by atoms with Crippen LogP contribution in [-0.4, -0.2) is 20.7 Å². The van der Waals surface area contributed by atoms with Crippen LogP contribution >= 0.6 is 22.9 Å². The maximum atomic E-state index is 12.6. The SMILES string of the molecule is Cc1ccc2nc(-c3ccc(NC(=O)c4ccn(COc5cccc(Cl)c5)n4)cc3)sc2c1. The lowest BCUT2D eigenvalue weighted by molar-refractivity contribution is 0.102. The molecule has 0 fully saturated rings. The van der Waals surface area contributed by atoms with E-state index in [4.69, 9.17) is 21.3 Å². The Morgan fingerprint density at radius 1 is 1.09 bits per heavy atom. The maximum Gasteiger partial charge on any atom is 0.276 e. The second-order valence-electron chi connectivity index (χ2n) is 7.49. The van der Waals surface area contributed by atoms with Gasteiger partial charge >= 0.3 is 0 Å². The van der Waals surface area contributed by atoms with Crippen LogP contribution in [0.25, 0.3) is 20.8 Å². The first-order chi connectivity index (χ1) is 16.0. The number of aryl methyl sites for hydroxylation is 1. The predicted octanol–water partition coefficient (Wildman–Crippen LogP) is 6.41. The molecule has 1 amide bonds. The van der Waals surface area contributed by atoms with Gasteiger partial charge in [-0.05, 0) is 73.2 Å². The number of nitrogens with zero attached hydrogens (tertiary/aromatic N) is 3. The van der Waals surface area contributed by atoms with E-state index in [0.29, 0.717) is 22.2 Å². The van der Waals surface area contributed by atoms with Crippen molar-refractivity contribution in [3.05, 3.63) is 95.3 Å². The van der Waals surface area contributed by atoms with E-state index < -0.39 is 0 Å². The number of benzene rings is 3. The third-order valence-electron chi connectivity index (χ3n) is 4.97. The van der Waals surface area contributed by atoms with Crippen LogP contribution in [0.2, 0.25) is 5.02 Å². The van der Waals surface area contributed by atoms with Crippen LogP contribution in [0.15, 0.2) is 79.0 Å². The molecule has 0 aliphatic rings. The van der Waals surface area contributed by atoms with Crippen molar-refractivity contribution in [2.45, 2.75) is 13.7 Å². The number of fused-ring (bicyclic) bond motifs is 1. The van der Waals surface area contributed by atoms with Crippen LogP contribution in [-0.2, 0) is 6.73 Å². The number of hydrogen-bond donors (Lipinski definition) is 1. The van der Waals surface area contributed by atoms with E-state index in [0.717, 1.165) is 20.8 Å². The minimum absolute atomic E-state index is 0.171. The largest absolute Gasteiger partial charge is 0.471 e. The van der Waals surface area contributed by atoms with Crippen LogP contribution in [0.5, 0.6) is 5.75 Å². The molecule has 5 aromatic rings. The van der Waals surface area contributed by atoms with Crippen molar-refractivity contribution in [2.24, 2.45) is 0 Å². The molecular weight excluding hydrogens is 456 g/mol. The van der Waals surface area contributed by atoms with Crippen molar-refractivity contribution in [1.82, 2.24) is 14.8 Å².